The van der Waals surface area contributed by atoms with Crippen LogP contribution >= 0.6 is 0 Å². The third-order valence-corrected chi connectivity index (χ3v) is 3.09. The van der Waals surface area contributed by atoms with Crippen molar-refractivity contribution in [3.63, 3.8) is 0 Å². The molecule has 1 amide bonds. The first-order chi connectivity index (χ1) is 8.75. The fraction of sp³-hybridized carbons (Fsp3) is 0.417. The molecule has 6 nitrogen and oxygen atoms in total. The number of hydrogen-bond donors (Lipinski definition) is 1. The lowest BCUT2D eigenvalue weighted by Crippen LogP contribution is -2.27. The van der Waals surface area contributed by atoms with Crippen molar-refractivity contribution in [2.45, 2.75) is 25.9 Å². The van der Waals surface area contributed by atoms with Crippen LogP contribution in [0.2, 0.25) is 0 Å². The van der Waals surface area contributed by atoms with Crippen molar-refractivity contribution in [3.05, 3.63) is 24.2 Å². The average molecular weight is 246 g/mol. The van der Waals surface area contributed by atoms with Gasteiger partial charge in [0, 0.05) is 12.8 Å². The Labute approximate surface area is 104 Å². The maximum atomic E-state index is 12.0. The van der Waals surface area contributed by atoms with Crippen LogP contribution < -0.4 is 5.32 Å². The van der Waals surface area contributed by atoms with E-state index in [0.717, 1.165) is 18.7 Å². The summed E-state index contributed by atoms with van der Waals surface area (Å²) < 4.78 is 7.19. The maximum Gasteiger partial charge on any atom is 0.253 e. The normalized spacial score (nSPS) is 19.3. The molecule has 1 aliphatic heterocycles. The Morgan fingerprint density at radius 2 is 2.44 bits per heavy atom. The topological polar surface area (TPSA) is 68.5 Å². The Morgan fingerprint density at radius 1 is 1.56 bits per heavy atom. The van der Waals surface area contributed by atoms with Crippen molar-refractivity contribution in [2.24, 2.45) is 0 Å². The van der Waals surface area contributed by atoms with E-state index in [1.807, 2.05) is 29.7 Å². The second-order valence-electron chi connectivity index (χ2n) is 4.35. The Hall–Kier alpha value is -1.95. The van der Waals surface area contributed by atoms with Crippen molar-refractivity contribution in [1.29, 1.82) is 0 Å². The zero-order valence-corrected chi connectivity index (χ0v) is 10.1. The largest absolute Gasteiger partial charge is 0.368 e. The lowest BCUT2D eigenvalue weighted by Gasteiger charge is -2.10. The number of carbonyl (C=O) groups is 1. The van der Waals surface area contributed by atoms with E-state index >= 15 is 0 Å². The number of nitrogens with one attached hydrogen (secondary N) is 1. The van der Waals surface area contributed by atoms with Gasteiger partial charge in [-0.3, -0.25) is 9.20 Å². The van der Waals surface area contributed by atoms with Crippen LogP contribution in [0.15, 0.2) is 18.3 Å². The van der Waals surface area contributed by atoms with Crippen LogP contribution in [0.3, 0.4) is 0 Å². The van der Waals surface area contributed by atoms with E-state index in [9.17, 15) is 4.79 Å². The summed E-state index contributed by atoms with van der Waals surface area (Å²) in [7, 11) is 0. The van der Waals surface area contributed by atoms with Gasteiger partial charge in [-0.1, -0.05) is 0 Å². The monoisotopic (exact) mass is 246 g/mol. The number of aryl methyl sites for hydroxylation is 1. The molecule has 0 aromatic carbocycles. The van der Waals surface area contributed by atoms with Crippen LogP contribution in [0.5, 0.6) is 0 Å². The lowest BCUT2D eigenvalue weighted by atomic mass is 10.2. The van der Waals surface area contributed by atoms with Gasteiger partial charge in [-0.25, -0.2) is 0 Å². The Kier molecular flexibility index (Phi) is 2.71. The van der Waals surface area contributed by atoms with Crippen molar-refractivity contribution in [1.82, 2.24) is 14.6 Å². The van der Waals surface area contributed by atoms with E-state index in [2.05, 4.69) is 15.5 Å². The van der Waals surface area contributed by atoms with Gasteiger partial charge in [0.05, 0.1) is 5.69 Å². The molecule has 0 aliphatic carbocycles. The molecule has 3 rings (SSSR count). The van der Waals surface area contributed by atoms with Crippen LogP contribution in [0.25, 0.3) is 5.65 Å². The van der Waals surface area contributed by atoms with Crippen LogP contribution in [0.1, 0.15) is 18.7 Å². The Balaban J connectivity index is 1.88. The number of aromatic nitrogens is 3. The summed E-state index contributed by atoms with van der Waals surface area (Å²) >= 11 is 0. The predicted molar refractivity (Wildman–Crippen MR) is 65.3 cm³/mol. The zero-order chi connectivity index (χ0) is 12.5. The van der Waals surface area contributed by atoms with Crippen molar-refractivity contribution in [2.75, 3.05) is 11.9 Å². The lowest BCUT2D eigenvalue weighted by molar-refractivity contribution is -0.124. The highest BCUT2D eigenvalue weighted by Gasteiger charge is 2.24. The molecule has 94 valence electrons. The molecule has 1 unspecified atom stereocenters. The molecule has 0 bridgehead atoms. The number of nitrogens with zero attached hydrogens (tertiary/aromatic N) is 3. The smallest absolute Gasteiger partial charge is 0.253 e. The molecule has 0 saturated carbocycles. The van der Waals surface area contributed by atoms with E-state index in [-0.39, 0.29) is 12.0 Å². The van der Waals surface area contributed by atoms with Gasteiger partial charge in [0.1, 0.15) is 11.9 Å². The number of carbonyl (C=O) groups excluding carboxylic acids is 1. The minimum atomic E-state index is -0.339. The Bertz CT molecular complexity index is 587. The second kappa shape index (κ2) is 4.38. The molecule has 18 heavy (non-hydrogen) atoms. The highest BCUT2D eigenvalue weighted by molar-refractivity contribution is 5.97. The number of pyridine rings is 1. The van der Waals surface area contributed by atoms with Crippen molar-refractivity contribution in [3.8, 4) is 0 Å². The second-order valence-corrected chi connectivity index (χ2v) is 4.35. The zero-order valence-electron chi connectivity index (χ0n) is 10.1. The molecular formula is C12H14N4O2. The van der Waals surface area contributed by atoms with Gasteiger partial charge in [0.25, 0.3) is 5.91 Å². The van der Waals surface area contributed by atoms with Gasteiger partial charge >= 0.3 is 0 Å². The summed E-state index contributed by atoms with van der Waals surface area (Å²) in [6.45, 7) is 2.53. The molecule has 6 heteroatoms. The van der Waals surface area contributed by atoms with Crippen LogP contribution in [0, 0.1) is 6.92 Å². The fourth-order valence-corrected chi connectivity index (χ4v) is 2.13. The molecule has 0 radical (unpaired) electrons. The molecule has 2 aromatic heterocycles. The van der Waals surface area contributed by atoms with Crippen molar-refractivity contribution >= 4 is 17.2 Å². The first kappa shape index (κ1) is 11.2. The molecule has 1 N–H and O–H groups in total. The van der Waals surface area contributed by atoms with Gasteiger partial charge in [-0.2, -0.15) is 0 Å². The van der Waals surface area contributed by atoms with Crippen LogP contribution in [-0.4, -0.2) is 33.2 Å². The number of rotatable bonds is 2. The standard InChI is InChI=1S/C12H14N4O2/c1-8-14-15-11-9(4-2-6-16(8)11)13-12(17)10-5-3-7-18-10/h2,4,6,10H,3,5,7H2,1H3,(H,13,17). The quantitative estimate of drug-likeness (QED) is 0.863. The first-order valence-corrected chi connectivity index (χ1v) is 5.98. The molecule has 2 aromatic rings. The number of amides is 1. The maximum absolute atomic E-state index is 12.0. The van der Waals surface area contributed by atoms with Gasteiger partial charge in [-0.05, 0) is 31.9 Å². The number of anilines is 1. The van der Waals surface area contributed by atoms with Crippen LogP contribution in [0.4, 0.5) is 5.69 Å². The SMILES string of the molecule is Cc1nnc2c(NC(=O)C3CCCO3)cccn12. The molecule has 0 spiro atoms. The Morgan fingerprint density at radius 3 is 3.22 bits per heavy atom. The summed E-state index contributed by atoms with van der Waals surface area (Å²) in [5.41, 5.74) is 1.32. The highest BCUT2D eigenvalue weighted by atomic mass is 16.5. The molecule has 1 fully saturated rings. The number of ether oxygens (including phenoxy) is 1. The van der Waals surface area contributed by atoms with Gasteiger partial charge < -0.3 is 10.1 Å². The van der Waals surface area contributed by atoms with E-state index in [1.54, 1.807) is 0 Å². The summed E-state index contributed by atoms with van der Waals surface area (Å²) in [4.78, 5) is 12.0. The number of hydrogen-bond acceptors (Lipinski definition) is 4. The fourth-order valence-electron chi connectivity index (χ4n) is 2.13. The third kappa shape index (κ3) is 1.84. The van der Waals surface area contributed by atoms with E-state index in [0.29, 0.717) is 17.9 Å². The molecule has 3 heterocycles. The molecule has 1 atom stereocenters. The minimum absolute atomic E-state index is 0.110. The average Bonchev–Trinajstić information content (AvgIpc) is 3.00. The van der Waals surface area contributed by atoms with E-state index in [4.69, 9.17) is 4.74 Å². The molecular weight excluding hydrogens is 232 g/mol. The van der Waals surface area contributed by atoms with Crippen LogP contribution in [-0.2, 0) is 9.53 Å². The predicted octanol–water partition coefficient (Wildman–Crippen LogP) is 1.16. The highest BCUT2D eigenvalue weighted by Crippen LogP contribution is 2.18. The number of fused-ring (bicyclic) bond motifs is 1. The molecule has 1 saturated heterocycles. The van der Waals surface area contributed by atoms with Gasteiger partial charge in [0.15, 0.2) is 5.65 Å². The summed E-state index contributed by atoms with van der Waals surface area (Å²) in [6.07, 6.45) is 3.24. The minimum Gasteiger partial charge on any atom is -0.368 e. The van der Waals surface area contributed by atoms with Crippen molar-refractivity contribution < 1.29 is 9.53 Å². The first-order valence-electron chi connectivity index (χ1n) is 5.98. The summed E-state index contributed by atoms with van der Waals surface area (Å²) in [5.74, 6) is 0.680. The third-order valence-electron chi connectivity index (χ3n) is 3.09. The summed E-state index contributed by atoms with van der Waals surface area (Å²) in [5, 5.41) is 10.9. The van der Waals surface area contributed by atoms with E-state index < -0.39 is 0 Å². The van der Waals surface area contributed by atoms with Gasteiger partial charge in [-0.15, -0.1) is 10.2 Å². The molecule has 1 aliphatic rings. The summed E-state index contributed by atoms with van der Waals surface area (Å²) in [6, 6.07) is 3.67. The van der Waals surface area contributed by atoms with E-state index in [1.165, 1.54) is 0 Å². The van der Waals surface area contributed by atoms with Gasteiger partial charge in [0.2, 0.25) is 0 Å².